The van der Waals surface area contributed by atoms with Crippen molar-refractivity contribution in [3.8, 4) is 0 Å². The highest BCUT2D eigenvalue weighted by molar-refractivity contribution is 4.92. The van der Waals surface area contributed by atoms with Crippen LogP contribution in [0.4, 0.5) is 0 Å². The van der Waals surface area contributed by atoms with Gasteiger partial charge in [0.1, 0.15) is 0 Å². The highest BCUT2D eigenvalue weighted by atomic mass is 14.6. The van der Waals surface area contributed by atoms with E-state index in [0.29, 0.717) is 11.8 Å². The molecule has 2 unspecified atom stereocenters. The minimum absolute atomic E-state index is 0.579. The molecular weight excluding hydrogens is 134 g/mol. The van der Waals surface area contributed by atoms with E-state index in [1.54, 1.807) is 0 Å². The Morgan fingerprint density at radius 3 is 2.45 bits per heavy atom. The van der Waals surface area contributed by atoms with Gasteiger partial charge in [0, 0.05) is 5.70 Å². The fraction of sp³-hybridized carbons (Fsp3) is 0.600. The molecule has 0 aromatic rings. The minimum Gasteiger partial charge on any atom is -0.403 e. The molecule has 0 aliphatic rings. The van der Waals surface area contributed by atoms with E-state index >= 15 is 0 Å². The van der Waals surface area contributed by atoms with Crippen LogP contribution in [0.3, 0.4) is 0 Å². The van der Waals surface area contributed by atoms with E-state index in [2.05, 4.69) is 27.0 Å². The van der Waals surface area contributed by atoms with Crippen LogP contribution >= 0.6 is 0 Å². The third-order valence-electron chi connectivity index (χ3n) is 2.09. The zero-order valence-corrected chi connectivity index (χ0v) is 7.64. The van der Waals surface area contributed by atoms with Crippen LogP contribution in [-0.2, 0) is 0 Å². The first-order chi connectivity index (χ1) is 5.11. The number of rotatable bonds is 5. The van der Waals surface area contributed by atoms with Crippen molar-refractivity contribution in [2.45, 2.75) is 26.7 Å². The molecule has 0 aliphatic carbocycles. The van der Waals surface area contributed by atoms with Crippen LogP contribution in [-0.4, -0.2) is 0 Å². The highest BCUT2D eigenvalue weighted by Gasteiger charge is 2.11. The van der Waals surface area contributed by atoms with Crippen LogP contribution in [0.1, 0.15) is 26.7 Å². The van der Waals surface area contributed by atoms with Gasteiger partial charge in [-0.3, -0.25) is 0 Å². The maximum Gasteiger partial charge on any atom is 0.00103 e. The molecule has 0 aromatic heterocycles. The van der Waals surface area contributed by atoms with Gasteiger partial charge in [-0.1, -0.05) is 26.5 Å². The summed E-state index contributed by atoms with van der Waals surface area (Å²) in [5, 5.41) is 0. The van der Waals surface area contributed by atoms with Crippen molar-refractivity contribution in [3.05, 3.63) is 24.9 Å². The van der Waals surface area contributed by atoms with Gasteiger partial charge in [0.25, 0.3) is 0 Å². The van der Waals surface area contributed by atoms with Crippen molar-refractivity contribution < 1.29 is 0 Å². The van der Waals surface area contributed by atoms with Crippen LogP contribution in [0.15, 0.2) is 24.9 Å². The van der Waals surface area contributed by atoms with E-state index in [1.807, 2.05) is 6.08 Å². The fourth-order valence-corrected chi connectivity index (χ4v) is 1.37. The van der Waals surface area contributed by atoms with E-state index in [-0.39, 0.29) is 0 Å². The molecule has 2 atom stereocenters. The summed E-state index contributed by atoms with van der Waals surface area (Å²) in [6, 6.07) is 0. The molecule has 0 aliphatic heterocycles. The average molecular weight is 153 g/mol. The normalized spacial score (nSPS) is 15.5. The van der Waals surface area contributed by atoms with Gasteiger partial charge in [-0.25, -0.2) is 0 Å². The molecule has 0 spiro atoms. The molecule has 0 aromatic carbocycles. The van der Waals surface area contributed by atoms with Crippen molar-refractivity contribution >= 4 is 0 Å². The molecule has 2 N–H and O–H groups in total. The SMILES string of the molecule is C=CC(CC)C(C)CC(=C)N. The number of allylic oxidation sites excluding steroid dienone is 2. The molecule has 0 saturated heterocycles. The van der Waals surface area contributed by atoms with Crippen molar-refractivity contribution in [2.75, 3.05) is 0 Å². The number of nitrogens with two attached hydrogens (primary N) is 1. The highest BCUT2D eigenvalue weighted by Crippen LogP contribution is 2.21. The van der Waals surface area contributed by atoms with E-state index in [1.165, 1.54) is 0 Å². The summed E-state index contributed by atoms with van der Waals surface area (Å²) in [4.78, 5) is 0. The van der Waals surface area contributed by atoms with Crippen LogP contribution < -0.4 is 5.73 Å². The molecule has 0 bridgehead atoms. The van der Waals surface area contributed by atoms with E-state index in [0.717, 1.165) is 18.5 Å². The van der Waals surface area contributed by atoms with Crippen LogP contribution in [0, 0.1) is 11.8 Å². The standard InChI is InChI=1S/C10H19N/c1-5-10(6-2)8(3)7-9(4)11/h5,8,10H,1,4,6-7,11H2,2-3H3. The second-order valence-electron chi connectivity index (χ2n) is 3.15. The Morgan fingerprint density at radius 2 is 2.18 bits per heavy atom. The summed E-state index contributed by atoms with van der Waals surface area (Å²) >= 11 is 0. The lowest BCUT2D eigenvalue weighted by Crippen LogP contribution is -2.11. The summed E-state index contributed by atoms with van der Waals surface area (Å²) in [5.41, 5.74) is 6.29. The fourth-order valence-electron chi connectivity index (χ4n) is 1.37. The van der Waals surface area contributed by atoms with Gasteiger partial charge in [-0.05, 0) is 24.7 Å². The Hall–Kier alpha value is -0.720. The molecular formula is C10H19N. The molecule has 0 saturated carbocycles. The van der Waals surface area contributed by atoms with E-state index in [4.69, 9.17) is 5.73 Å². The third-order valence-corrected chi connectivity index (χ3v) is 2.09. The van der Waals surface area contributed by atoms with E-state index < -0.39 is 0 Å². The van der Waals surface area contributed by atoms with Gasteiger partial charge in [0.05, 0.1) is 0 Å². The topological polar surface area (TPSA) is 26.0 Å². The molecule has 0 fully saturated rings. The Labute approximate surface area is 70.0 Å². The predicted octanol–water partition coefficient (Wildman–Crippen LogP) is 2.70. The molecule has 1 nitrogen and oxygen atoms in total. The molecule has 64 valence electrons. The lowest BCUT2D eigenvalue weighted by molar-refractivity contribution is 0.414. The van der Waals surface area contributed by atoms with E-state index in [9.17, 15) is 0 Å². The molecule has 0 rings (SSSR count). The second kappa shape index (κ2) is 5.00. The summed E-state index contributed by atoms with van der Waals surface area (Å²) in [5.74, 6) is 1.16. The number of hydrogen-bond donors (Lipinski definition) is 1. The Kier molecular flexibility index (Phi) is 4.67. The first kappa shape index (κ1) is 10.3. The Bertz CT molecular complexity index is 138. The summed E-state index contributed by atoms with van der Waals surface area (Å²) in [6.45, 7) is 11.8. The maximum atomic E-state index is 5.51. The smallest absolute Gasteiger partial charge is 0.00103 e. The van der Waals surface area contributed by atoms with Crippen molar-refractivity contribution in [1.82, 2.24) is 0 Å². The quantitative estimate of drug-likeness (QED) is 0.604. The summed E-state index contributed by atoms with van der Waals surface area (Å²) < 4.78 is 0. The second-order valence-corrected chi connectivity index (χ2v) is 3.15. The van der Waals surface area contributed by atoms with Crippen LogP contribution in [0.5, 0.6) is 0 Å². The van der Waals surface area contributed by atoms with Crippen molar-refractivity contribution in [3.63, 3.8) is 0 Å². The molecule has 0 heterocycles. The lowest BCUT2D eigenvalue weighted by Gasteiger charge is -2.18. The maximum absolute atomic E-state index is 5.51. The van der Waals surface area contributed by atoms with Gasteiger partial charge >= 0.3 is 0 Å². The van der Waals surface area contributed by atoms with Crippen molar-refractivity contribution in [1.29, 1.82) is 0 Å². The van der Waals surface area contributed by atoms with Gasteiger partial charge in [-0.2, -0.15) is 0 Å². The van der Waals surface area contributed by atoms with Crippen LogP contribution in [0.2, 0.25) is 0 Å². The van der Waals surface area contributed by atoms with Crippen LogP contribution in [0.25, 0.3) is 0 Å². The van der Waals surface area contributed by atoms with Gasteiger partial charge in [0.15, 0.2) is 0 Å². The first-order valence-electron chi connectivity index (χ1n) is 4.17. The molecule has 11 heavy (non-hydrogen) atoms. The summed E-state index contributed by atoms with van der Waals surface area (Å²) in [7, 11) is 0. The zero-order chi connectivity index (χ0) is 8.85. The van der Waals surface area contributed by atoms with Gasteiger partial charge in [0.2, 0.25) is 0 Å². The third kappa shape index (κ3) is 3.87. The van der Waals surface area contributed by atoms with Gasteiger partial charge < -0.3 is 5.73 Å². The lowest BCUT2D eigenvalue weighted by atomic mass is 9.88. The average Bonchev–Trinajstić information content (AvgIpc) is 1.88. The largest absolute Gasteiger partial charge is 0.403 e. The molecule has 1 heteroatoms. The predicted molar refractivity (Wildman–Crippen MR) is 51.1 cm³/mol. The van der Waals surface area contributed by atoms with Gasteiger partial charge in [-0.15, -0.1) is 6.58 Å². The first-order valence-corrected chi connectivity index (χ1v) is 4.17. The Balaban J connectivity index is 3.87. The zero-order valence-electron chi connectivity index (χ0n) is 7.64. The Morgan fingerprint density at radius 1 is 1.64 bits per heavy atom. The molecule has 0 amide bonds. The minimum atomic E-state index is 0.579. The summed E-state index contributed by atoms with van der Waals surface area (Å²) in [6.07, 6.45) is 4.05. The molecule has 0 radical (unpaired) electrons. The van der Waals surface area contributed by atoms with Crippen molar-refractivity contribution in [2.24, 2.45) is 17.6 Å². The monoisotopic (exact) mass is 153 g/mol. The number of hydrogen-bond acceptors (Lipinski definition) is 1.